The Hall–Kier alpha value is -0.830. The second kappa shape index (κ2) is 4.45. The van der Waals surface area contributed by atoms with Crippen LogP contribution in [0.5, 0.6) is 0 Å². The molecule has 0 aromatic rings. The maximum atomic E-state index is 10.8. The number of hydrogen-bond donors (Lipinski definition) is 2. The van der Waals surface area contributed by atoms with Crippen molar-refractivity contribution in [3.05, 3.63) is 11.6 Å². The Kier molecular flexibility index (Phi) is 3.30. The molecule has 0 aromatic heterocycles. The molecule has 1 unspecified atom stereocenters. The topological polar surface area (TPSA) is 57.5 Å². The van der Waals surface area contributed by atoms with Crippen molar-refractivity contribution in [2.45, 2.75) is 52.1 Å². The van der Waals surface area contributed by atoms with Crippen molar-refractivity contribution in [1.82, 2.24) is 0 Å². The number of aliphatic hydroxyl groups excluding tert-OH is 1. The van der Waals surface area contributed by atoms with Gasteiger partial charge < -0.3 is 10.2 Å². The Labute approximate surface area is 103 Å². The third-order valence-corrected chi connectivity index (χ3v) is 4.91. The molecule has 96 valence electrons. The van der Waals surface area contributed by atoms with Crippen LogP contribution in [0.25, 0.3) is 0 Å². The van der Waals surface area contributed by atoms with Gasteiger partial charge in [0.15, 0.2) is 0 Å². The van der Waals surface area contributed by atoms with Crippen molar-refractivity contribution >= 4 is 5.97 Å². The molecule has 3 heteroatoms. The van der Waals surface area contributed by atoms with Crippen molar-refractivity contribution in [1.29, 1.82) is 0 Å². The minimum absolute atomic E-state index is 0.0878. The van der Waals surface area contributed by atoms with E-state index in [0.29, 0.717) is 12.3 Å². The van der Waals surface area contributed by atoms with Gasteiger partial charge in [-0.3, -0.25) is 4.79 Å². The molecule has 2 aliphatic carbocycles. The Morgan fingerprint density at radius 3 is 2.94 bits per heavy atom. The molecule has 0 aliphatic heterocycles. The van der Waals surface area contributed by atoms with E-state index in [0.717, 1.165) is 12.8 Å². The number of rotatable bonds is 2. The molecule has 0 spiro atoms. The molecule has 4 atom stereocenters. The molecule has 1 saturated carbocycles. The summed E-state index contributed by atoms with van der Waals surface area (Å²) in [5, 5.41) is 19.0. The zero-order valence-electron chi connectivity index (χ0n) is 10.6. The third kappa shape index (κ3) is 2.25. The fourth-order valence-electron chi connectivity index (χ4n) is 3.53. The quantitative estimate of drug-likeness (QED) is 0.727. The van der Waals surface area contributed by atoms with Crippen LogP contribution >= 0.6 is 0 Å². The molecular formula is C14H22O3. The van der Waals surface area contributed by atoms with E-state index >= 15 is 0 Å². The van der Waals surface area contributed by atoms with Crippen molar-refractivity contribution in [2.24, 2.45) is 17.3 Å². The van der Waals surface area contributed by atoms with Gasteiger partial charge >= 0.3 is 5.97 Å². The van der Waals surface area contributed by atoms with E-state index in [4.69, 9.17) is 5.11 Å². The van der Waals surface area contributed by atoms with E-state index in [1.165, 1.54) is 12.0 Å². The summed E-state index contributed by atoms with van der Waals surface area (Å²) in [6.07, 6.45) is 5.64. The highest BCUT2D eigenvalue weighted by atomic mass is 16.4. The SMILES string of the molecule is C[C@@H]1CCC=C2C[C@H](O)C(CC(=O)O)C[C@]21C. The predicted octanol–water partition coefficient (Wildman–Crippen LogP) is 2.59. The van der Waals surface area contributed by atoms with Gasteiger partial charge in [-0.25, -0.2) is 0 Å². The number of carboxylic acids is 1. The van der Waals surface area contributed by atoms with Crippen LogP contribution in [-0.2, 0) is 4.79 Å². The number of allylic oxidation sites excluding steroid dienone is 1. The van der Waals surface area contributed by atoms with Crippen LogP contribution in [0.15, 0.2) is 11.6 Å². The second-order valence-corrected chi connectivity index (χ2v) is 5.96. The molecule has 0 bridgehead atoms. The zero-order valence-corrected chi connectivity index (χ0v) is 10.6. The largest absolute Gasteiger partial charge is 0.481 e. The van der Waals surface area contributed by atoms with Crippen molar-refractivity contribution in [2.75, 3.05) is 0 Å². The van der Waals surface area contributed by atoms with Gasteiger partial charge in [0.1, 0.15) is 0 Å². The average molecular weight is 238 g/mol. The number of carbonyl (C=O) groups is 1. The van der Waals surface area contributed by atoms with Gasteiger partial charge in [0.25, 0.3) is 0 Å². The molecule has 2 rings (SSSR count). The van der Waals surface area contributed by atoms with Crippen LogP contribution in [0.3, 0.4) is 0 Å². The smallest absolute Gasteiger partial charge is 0.303 e. The fraction of sp³-hybridized carbons (Fsp3) is 0.786. The monoisotopic (exact) mass is 238 g/mol. The van der Waals surface area contributed by atoms with E-state index in [1.54, 1.807) is 0 Å². The Bertz CT molecular complexity index is 347. The first kappa shape index (κ1) is 12.6. The van der Waals surface area contributed by atoms with Crippen LogP contribution < -0.4 is 0 Å². The fourth-order valence-corrected chi connectivity index (χ4v) is 3.53. The van der Waals surface area contributed by atoms with Crippen molar-refractivity contribution in [3.63, 3.8) is 0 Å². The van der Waals surface area contributed by atoms with Crippen LogP contribution in [0.4, 0.5) is 0 Å². The highest BCUT2D eigenvalue weighted by molar-refractivity contribution is 5.67. The molecule has 1 fully saturated rings. The Morgan fingerprint density at radius 2 is 2.29 bits per heavy atom. The van der Waals surface area contributed by atoms with Gasteiger partial charge in [0, 0.05) is 0 Å². The molecular weight excluding hydrogens is 216 g/mol. The average Bonchev–Trinajstić information content (AvgIpc) is 2.22. The Balaban J connectivity index is 2.20. The highest BCUT2D eigenvalue weighted by Crippen LogP contribution is 2.52. The molecule has 2 aliphatic rings. The minimum Gasteiger partial charge on any atom is -0.481 e. The summed E-state index contributed by atoms with van der Waals surface area (Å²) in [4.78, 5) is 10.8. The van der Waals surface area contributed by atoms with Gasteiger partial charge in [-0.05, 0) is 42.9 Å². The Morgan fingerprint density at radius 1 is 1.59 bits per heavy atom. The lowest BCUT2D eigenvalue weighted by Gasteiger charge is -2.48. The first-order valence-electron chi connectivity index (χ1n) is 6.53. The molecule has 0 heterocycles. The van der Waals surface area contributed by atoms with Gasteiger partial charge in [0.05, 0.1) is 12.5 Å². The molecule has 0 aromatic carbocycles. The van der Waals surface area contributed by atoms with Crippen molar-refractivity contribution in [3.8, 4) is 0 Å². The minimum atomic E-state index is -0.798. The molecule has 17 heavy (non-hydrogen) atoms. The van der Waals surface area contributed by atoms with E-state index in [-0.39, 0.29) is 17.8 Å². The van der Waals surface area contributed by atoms with Gasteiger partial charge in [-0.15, -0.1) is 0 Å². The second-order valence-electron chi connectivity index (χ2n) is 5.96. The standard InChI is InChI=1S/C14H22O3/c1-9-4-3-5-11-7-12(15)10(6-13(16)17)8-14(9,11)2/h5,9-10,12,15H,3-4,6-8H2,1-2H3,(H,16,17)/t9-,10?,12+,14+/m1/s1. The summed E-state index contributed by atoms with van der Waals surface area (Å²) < 4.78 is 0. The summed E-state index contributed by atoms with van der Waals surface area (Å²) in [6, 6.07) is 0. The maximum Gasteiger partial charge on any atom is 0.303 e. The number of aliphatic carboxylic acids is 1. The summed E-state index contributed by atoms with van der Waals surface area (Å²) in [5.74, 6) is -0.296. The third-order valence-electron chi connectivity index (χ3n) is 4.91. The number of carboxylic acid groups (broad SMARTS) is 1. The maximum absolute atomic E-state index is 10.8. The van der Waals surface area contributed by atoms with Gasteiger partial charge in [0.2, 0.25) is 0 Å². The van der Waals surface area contributed by atoms with Crippen LogP contribution in [0, 0.1) is 17.3 Å². The number of aliphatic hydroxyl groups is 1. The van der Waals surface area contributed by atoms with E-state index < -0.39 is 12.1 Å². The molecule has 2 N–H and O–H groups in total. The predicted molar refractivity (Wildman–Crippen MR) is 65.6 cm³/mol. The lowest BCUT2D eigenvalue weighted by Crippen LogP contribution is -2.42. The van der Waals surface area contributed by atoms with Crippen LogP contribution in [0.1, 0.15) is 46.0 Å². The van der Waals surface area contributed by atoms with E-state index in [9.17, 15) is 9.90 Å². The van der Waals surface area contributed by atoms with Crippen LogP contribution in [-0.4, -0.2) is 22.3 Å². The molecule has 0 amide bonds. The molecule has 3 nitrogen and oxygen atoms in total. The summed E-state index contributed by atoms with van der Waals surface area (Å²) in [5.41, 5.74) is 1.46. The highest BCUT2D eigenvalue weighted by Gasteiger charge is 2.45. The van der Waals surface area contributed by atoms with E-state index in [1.807, 2.05) is 0 Å². The first-order chi connectivity index (χ1) is 7.93. The van der Waals surface area contributed by atoms with Crippen LogP contribution in [0.2, 0.25) is 0 Å². The molecule has 0 radical (unpaired) electrons. The normalized spacial score (nSPS) is 41.6. The van der Waals surface area contributed by atoms with Crippen molar-refractivity contribution < 1.29 is 15.0 Å². The summed E-state index contributed by atoms with van der Waals surface area (Å²) in [7, 11) is 0. The lowest BCUT2D eigenvalue weighted by atomic mass is 9.57. The number of fused-ring (bicyclic) bond motifs is 1. The van der Waals surface area contributed by atoms with E-state index in [2.05, 4.69) is 19.9 Å². The first-order valence-corrected chi connectivity index (χ1v) is 6.53. The zero-order chi connectivity index (χ0) is 12.6. The lowest BCUT2D eigenvalue weighted by molar-refractivity contribution is -0.140. The van der Waals surface area contributed by atoms with Gasteiger partial charge in [-0.2, -0.15) is 0 Å². The van der Waals surface area contributed by atoms with Gasteiger partial charge in [-0.1, -0.05) is 25.5 Å². The molecule has 0 saturated heterocycles. The summed E-state index contributed by atoms with van der Waals surface area (Å²) >= 11 is 0. The number of hydrogen-bond acceptors (Lipinski definition) is 2. The summed E-state index contributed by atoms with van der Waals surface area (Å²) in [6.45, 7) is 4.49.